The summed E-state index contributed by atoms with van der Waals surface area (Å²) in [6.45, 7) is -0.180. The van der Waals surface area contributed by atoms with E-state index >= 15 is 0 Å². The van der Waals surface area contributed by atoms with Gasteiger partial charge in [-0.15, -0.1) is 0 Å². The molecule has 1 aliphatic heterocycles. The lowest BCUT2D eigenvalue weighted by Gasteiger charge is -2.12. The molecule has 3 N–H and O–H groups in total. The Kier molecular flexibility index (Phi) is 4.79. The van der Waals surface area contributed by atoms with Crippen molar-refractivity contribution in [3.8, 4) is 0 Å². The molecule has 0 radical (unpaired) electrons. The lowest BCUT2D eigenvalue weighted by atomic mass is 10.3. The fourth-order valence-electron chi connectivity index (χ4n) is 2.03. The standard InChI is InChI=1S/C13H17N3O4S/c17-12(15-10-4-2-1-3-5-10)8-14-13(18)16-11-6-7-21(19,20)9-11/h1-5,11H,6-9H2,(H,15,17)(H2,14,16,18)/t11-/m1/s1. The number of rotatable bonds is 4. The number of anilines is 1. The monoisotopic (exact) mass is 311 g/mol. The summed E-state index contributed by atoms with van der Waals surface area (Å²) in [7, 11) is -3.03. The molecule has 114 valence electrons. The number of nitrogens with one attached hydrogen (secondary N) is 3. The number of para-hydroxylation sites is 1. The van der Waals surface area contributed by atoms with E-state index < -0.39 is 15.9 Å². The number of hydrogen-bond donors (Lipinski definition) is 3. The molecule has 0 aromatic heterocycles. The first kappa shape index (κ1) is 15.3. The van der Waals surface area contributed by atoms with Crippen molar-refractivity contribution >= 4 is 27.5 Å². The van der Waals surface area contributed by atoms with Gasteiger partial charge in [0.1, 0.15) is 0 Å². The minimum Gasteiger partial charge on any atom is -0.334 e. The first-order valence-corrected chi connectivity index (χ1v) is 8.36. The summed E-state index contributed by atoms with van der Waals surface area (Å²) >= 11 is 0. The van der Waals surface area contributed by atoms with E-state index in [1.165, 1.54) is 0 Å². The van der Waals surface area contributed by atoms with Crippen molar-refractivity contribution in [2.24, 2.45) is 0 Å². The number of carbonyl (C=O) groups is 2. The van der Waals surface area contributed by atoms with E-state index in [-0.39, 0.29) is 30.0 Å². The molecule has 1 aromatic carbocycles. The largest absolute Gasteiger partial charge is 0.334 e. The molecule has 0 bridgehead atoms. The maximum Gasteiger partial charge on any atom is 0.315 e. The van der Waals surface area contributed by atoms with Crippen LogP contribution in [0.3, 0.4) is 0 Å². The molecule has 0 saturated carbocycles. The summed E-state index contributed by atoms with van der Waals surface area (Å²) in [5.41, 5.74) is 0.645. The molecule has 7 nitrogen and oxygen atoms in total. The van der Waals surface area contributed by atoms with E-state index in [4.69, 9.17) is 0 Å². The maximum absolute atomic E-state index is 11.6. The van der Waals surface area contributed by atoms with Crippen LogP contribution < -0.4 is 16.0 Å². The van der Waals surface area contributed by atoms with Gasteiger partial charge >= 0.3 is 6.03 Å². The number of benzene rings is 1. The van der Waals surface area contributed by atoms with Crippen LogP contribution in [-0.2, 0) is 14.6 Å². The summed E-state index contributed by atoms with van der Waals surface area (Å²) < 4.78 is 22.5. The highest BCUT2D eigenvalue weighted by Crippen LogP contribution is 2.10. The van der Waals surface area contributed by atoms with Gasteiger partial charge in [0, 0.05) is 11.7 Å². The molecule has 1 aliphatic rings. The Morgan fingerprint density at radius 3 is 2.52 bits per heavy atom. The zero-order chi connectivity index (χ0) is 15.3. The van der Waals surface area contributed by atoms with Crippen LogP contribution in [-0.4, -0.2) is 44.4 Å². The lowest BCUT2D eigenvalue weighted by molar-refractivity contribution is -0.115. The van der Waals surface area contributed by atoms with Gasteiger partial charge in [0.05, 0.1) is 18.1 Å². The first-order valence-electron chi connectivity index (χ1n) is 6.54. The number of urea groups is 1. The first-order chi connectivity index (χ1) is 9.94. The topological polar surface area (TPSA) is 104 Å². The second-order valence-electron chi connectivity index (χ2n) is 4.84. The maximum atomic E-state index is 11.6. The zero-order valence-corrected chi connectivity index (χ0v) is 12.2. The predicted octanol–water partition coefficient (Wildman–Crippen LogP) is 0.111. The fourth-order valence-corrected chi connectivity index (χ4v) is 3.71. The third-order valence-corrected chi connectivity index (χ3v) is 4.80. The molecule has 0 unspecified atom stereocenters. The molecule has 2 rings (SSSR count). The molecule has 0 spiro atoms. The summed E-state index contributed by atoms with van der Waals surface area (Å²) in [6.07, 6.45) is 0.409. The molecular formula is C13H17N3O4S. The van der Waals surface area contributed by atoms with Gasteiger partial charge < -0.3 is 16.0 Å². The van der Waals surface area contributed by atoms with Crippen molar-refractivity contribution in [3.63, 3.8) is 0 Å². The molecule has 1 heterocycles. The van der Waals surface area contributed by atoms with Crippen LogP contribution in [0.25, 0.3) is 0 Å². The van der Waals surface area contributed by atoms with Gasteiger partial charge in [-0.1, -0.05) is 18.2 Å². The Balaban J connectivity index is 1.70. The predicted molar refractivity (Wildman–Crippen MR) is 78.7 cm³/mol. The Morgan fingerprint density at radius 2 is 1.90 bits per heavy atom. The molecule has 3 amide bonds. The Bertz CT molecular complexity index is 616. The van der Waals surface area contributed by atoms with E-state index in [2.05, 4.69) is 16.0 Å². The minimum atomic E-state index is -3.03. The van der Waals surface area contributed by atoms with E-state index in [1.54, 1.807) is 24.3 Å². The van der Waals surface area contributed by atoms with Crippen LogP contribution in [0.2, 0.25) is 0 Å². The van der Waals surface area contributed by atoms with E-state index in [9.17, 15) is 18.0 Å². The molecule has 1 aromatic rings. The van der Waals surface area contributed by atoms with Crippen LogP contribution in [0.1, 0.15) is 6.42 Å². The van der Waals surface area contributed by atoms with Gasteiger partial charge in [0.25, 0.3) is 0 Å². The minimum absolute atomic E-state index is 0.0450. The third-order valence-electron chi connectivity index (χ3n) is 3.03. The fraction of sp³-hybridized carbons (Fsp3) is 0.385. The van der Waals surface area contributed by atoms with Gasteiger partial charge in [-0.05, 0) is 18.6 Å². The van der Waals surface area contributed by atoms with Gasteiger partial charge in [0.2, 0.25) is 5.91 Å². The summed E-state index contributed by atoms with van der Waals surface area (Å²) in [6, 6.07) is 7.96. The second kappa shape index (κ2) is 6.57. The van der Waals surface area contributed by atoms with Gasteiger partial charge in [-0.25, -0.2) is 13.2 Å². The summed E-state index contributed by atoms with van der Waals surface area (Å²) in [5, 5.41) is 7.57. The second-order valence-corrected chi connectivity index (χ2v) is 7.07. The van der Waals surface area contributed by atoms with Gasteiger partial charge in [-0.2, -0.15) is 0 Å². The van der Waals surface area contributed by atoms with E-state index in [1.807, 2.05) is 6.07 Å². The van der Waals surface area contributed by atoms with Crippen LogP contribution in [0.4, 0.5) is 10.5 Å². The number of hydrogen-bond acceptors (Lipinski definition) is 4. The molecule has 1 atom stereocenters. The molecule has 8 heteroatoms. The zero-order valence-electron chi connectivity index (χ0n) is 11.3. The normalized spacial score (nSPS) is 19.7. The SMILES string of the molecule is O=C(CNC(=O)N[C@@H]1CCS(=O)(=O)C1)Nc1ccccc1. The molecule has 21 heavy (non-hydrogen) atoms. The van der Waals surface area contributed by atoms with Crippen molar-refractivity contribution in [2.45, 2.75) is 12.5 Å². The highest BCUT2D eigenvalue weighted by molar-refractivity contribution is 7.91. The molecule has 0 aliphatic carbocycles. The quantitative estimate of drug-likeness (QED) is 0.734. The Labute approximate surface area is 123 Å². The number of amides is 3. The smallest absolute Gasteiger partial charge is 0.315 e. The van der Waals surface area contributed by atoms with Crippen LogP contribution in [0.15, 0.2) is 30.3 Å². The Morgan fingerprint density at radius 1 is 1.19 bits per heavy atom. The van der Waals surface area contributed by atoms with Crippen molar-refractivity contribution in [2.75, 3.05) is 23.4 Å². The Hall–Kier alpha value is -2.09. The van der Waals surface area contributed by atoms with E-state index in [0.717, 1.165) is 0 Å². The van der Waals surface area contributed by atoms with Gasteiger partial charge in [-0.3, -0.25) is 4.79 Å². The van der Waals surface area contributed by atoms with Crippen LogP contribution >= 0.6 is 0 Å². The van der Waals surface area contributed by atoms with Crippen molar-refractivity contribution < 1.29 is 18.0 Å². The molecule has 1 saturated heterocycles. The van der Waals surface area contributed by atoms with Crippen LogP contribution in [0, 0.1) is 0 Å². The summed E-state index contributed by atoms with van der Waals surface area (Å²) in [4.78, 5) is 23.2. The van der Waals surface area contributed by atoms with Gasteiger partial charge in [0.15, 0.2) is 9.84 Å². The van der Waals surface area contributed by atoms with Crippen molar-refractivity contribution in [1.82, 2.24) is 10.6 Å². The number of carbonyl (C=O) groups excluding carboxylic acids is 2. The molecule has 1 fully saturated rings. The lowest BCUT2D eigenvalue weighted by Crippen LogP contribution is -2.45. The average Bonchev–Trinajstić information content (AvgIpc) is 2.77. The van der Waals surface area contributed by atoms with Crippen molar-refractivity contribution in [3.05, 3.63) is 30.3 Å². The van der Waals surface area contributed by atoms with E-state index in [0.29, 0.717) is 12.1 Å². The van der Waals surface area contributed by atoms with Crippen molar-refractivity contribution in [1.29, 1.82) is 0 Å². The summed E-state index contributed by atoms with van der Waals surface area (Å²) in [5.74, 6) is -0.307. The molecular weight excluding hydrogens is 294 g/mol. The highest BCUT2D eigenvalue weighted by atomic mass is 32.2. The average molecular weight is 311 g/mol. The highest BCUT2D eigenvalue weighted by Gasteiger charge is 2.28. The van der Waals surface area contributed by atoms with Crippen LogP contribution in [0.5, 0.6) is 0 Å². The number of sulfone groups is 1. The third kappa shape index (κ3) is 5.07.